The van der Waals surface area contributed by atoms with Crippen LogP contribution in [0.1, 0.15) is 5.89 Å². The zero-order valence-corrected chi connectivity index (χ0v) is 9.74. The topological polar surface area (TPSA) is 69.6 Å². The predicted octanol–water partition coefficient (Wildman–Crippen LogP) is 2.34. The van der Waals surface area contributed by atoms with Gasteiger partial charge in [-0.05, 0) is 12.1 Å². The van der Waals surface area contributed by atoms with Gasteiger partial charge in [0.15, 0.2) is 5.69 Å². The second-order valence-electron chi connectivity index (χ2n) is 3.76. The Hall–Kier alpha value is -2.71. The first-order chi connectivity index (χ1) is 9.54. The fraction of sp³-hybridized carbons (Fsp3) is 0.0909. The van der Waals surface area contributed by atoms with E-state index in [2.05, 4.69) is 24.8 Å². The number of hydrogen-bond donors (Lipinski definition) is 0. The molecule has 9 heteroatoms. The minimum atomic E-state index is -4.68. The Morgan fingerprint density at radius 3 is 2.45 bits per heavy atom. The van der Waals surface area contributed by atoms with Gasteiger partial charge in [0.05, 0.1) is 11.9 Å². The lowest BCUT2D eigenvalue weighted by atomic mass is 10.3. The van der Waals surface area contributed by atoms with E-state index in [0.29, 0.717) is 5.69 Å². The number of rotatable bonds is 2. The molecule has 6 nitrogen and oxygen atoms in total. The Morgan fingerprint density at radius 2 is 1.80 bits per heavy atom. The van der Waals surface area contributed by atoms with Gasteiger partial charge >= 0.3 is 12.1 Å². The molecule has 102 valence electrons. The normalized spacial score (nSPS) is 11.8. The lowest BCUT2D eigenvalue weighted by Crippen LogP contribution is -2.04. The summed E-state index contributed by atoms with van der Waals surface area (Å²) < 4.78 is 41.6. The molecule has 0 atom stereocenters. The largest absolute Gasteiger partial charge is 0.470 e. The fourth-order valence-corrected chi connectivity index (χ4v) is 1.49. The van der Waals surface area contributed by atoms with Gasteiger partial charge in [0.2, 0.25) is 0 Å². The summed E-state index contributed by atoms with van der Waals surface area (Å²) in [6.07, 6.45) is -3.43. The molecule has 0 saturated carbocycles. The predicted molar refractivity (Wildman–Crippen MR) is 59.7 cm³/mol. The van der Waals surface area contributed by atoms with Crippen molar-refractivity contribution < 1.29 is 17.6 Å². The molecule has 20 heavy (non-hydrogen) atoms. The van der Waals surface area contributed by atoms with Gasteiger partial charge in [0.25, 0.3) is 5.89 Å². The summed E-state index contributed by atoms with van der Waals surface area (Å²) in [4.78, 5) is 1.26. The molecule has 3 aromatic rings. The van der Waals surface area contributed by atoms with Gasteiger partial charge in [-0.25, -0.2) is 0 Å². The van der Waals surface area contributed by atoms with Gasteiger partial charge < -0.3 is 4.42 Å². The van der Waals surface area contributed by atoms with Crippen molar-refractivity contribution in [3.63, 3.8) is 0 Å². The minimum absolute atomic E-state index is 0.0665. The van der Waals surface area contributed by atoms with Gasteiger partial charge in [0.1, 0.15) is 0 Å². The molecule has 2 aromatic heterocycles. The summed E-state index contributed by atoms with van der Waals surface area (Å²) >= 11 is 0. The molecule has 0 N–H and O–H groups in total. The van der Waals surface area contributed by atoms with E-state index < -0.39 is 12.1 Å². The average molecular weight is 281 g/mol. The Labute approximate surface area is 109 Å². The molecule has 0 aliphatic heterocycles. The third kappa shape index (κ3) is 2.25. The number of para-hydroxylation sites is 1. The van der Waals surface area contributed by atoms with Crippen molar-refractivity contribution in [3.05, 3.63) is 42.4 Å². The van der Waals surface area contributed by atoms with E-state index >= 15 is 0 Å². The smallest absolute Gasteiger partial charge is 0.411 e. The SMILES string of the molecule is FC(F)(F)c1nnc(-c2cnn(-c3ccccc3)n2)o1. The van der Waals surface area contributed by atoms with Crippen molar-refractivity contribution in [1.29, 1.82) is 0 Å². The van der Waals surface area contributed by atoms with Crippen LogP contribution >= 0.6 is 0 Å². The van der Waals surface area contributed by atoms with Crippen molar-refractivity contribution in [2.75, 3.05) is 0 Å². The summed E-state index contributed by atoms with van der Waals surface area (Å²) in [5.74, 6) is -1.75. The molecule has 3 rings (SSSR count). The van der Waals surface area contributed by atoms with E-state index in [-0.39, 0.29) is 11.6 Å². The van der Waals surface area contributed by atoms with Gasteiger partial charge in [-0.2, -0.15) is 23.1 Å². The van der Waals surface area contributed by atoms with Crippen molar-refractivity contribution in [2.24, 2.45) is 0 Å². The molecule has 0 fully saturated rings. The van der Waals surface area contributed by atoms with E-state index in [0.717, 1.165) is 0 Å². The Kier molecular flexibility index (Phi) is 2.74. The van der Waals surface area contributed by atoms with Crippen LogP contribution in [0.25, 0.3) is 17.3 Å². The number of nitrogens with zero attached hydrogens (tertiary/aromatic N) is 5. The Bertz CT molecular complexity index is 719. The molecule has 0 aliphatic carbocycles. The van der Waals surface area contributed by atoms with Gasteiger partial charge in [0, 0.05) is 0 Å². The molecule has 0 bridgehead atoms. The van der Waals surface area contributed by atoms with E-state index in [4.69, 9.17) is 0 Å². The number of halogens is 3. The third-order valence-corrected chi connectivity index (χ3v) is 2.37. The lowest BCUT2D eigenvalue weighted by molar-refractivity contribution is -0.156. The second-order valence-corrected chi connectivity index (χ2v) is 3.76. The molecule has 0 aliphatic rings. The van der Waals surface area contributed by atoms with Crippen LogP contribution in [0.2, 0.25) is 0 Å². The van der Waals surface area contributed by atoms with Crippen molar-refractivity contribution in [1.82, 2.24) is 25.2 Å². The quantitative estimate of drug-likeness (QED) is 0.721. The van der Waals surface area contributed by atoms with E-state index in [1.807, 2.05) is 6.07 Å². The molecular weight excluding hydrogens is 275 g/mol. The summed E-state index contributed by atoms with van der Waals surface area (Å²) in [5.41, 5.74) is 0.728. The van der Waals surface area contributed by atoms with Crippen LogP contribution in [0.4, 0.5) is 13.2 Å². The zero-order valence-electron chi connectivity index (χ0n) is 9.74. The van der Waals surface area contributed by atoms with Crippen molar-refractivity contribution in [3.8, 4) is 17.3 Å². The van der Waals surface area contributed by atoms with Crippen LogP contribution in [-0.2, 0) is 6.18 Å². The maximum atomic E-state index is 12.3. The first kappa shape index (κ1) is 12.3. The van der Waals surface area contributed by atoms with Gasteiger partial charge in [-0.15, -0.1) is 15.3 Å². The highest BCUT2D eigenvalue weighted by molar-refractivity contribution is 5.44. The second kappa shape index (κ2) is 4.44. The average Bonchev–Trinajstić information content (AvgIpc) is 3.08. The first-order valence-corrected chi connectivity index (χ1v) is 5.43. The highest BCUT2D eigenvalue weighted by atomic mass is 19.4. The van der Waals surface area contributed by atoms with E-state index in [9.17, 15) is 13.2 Å². The van der Waals surface area contributed by atoms with E-state index in [1.165, 1.54) is 11.0 Å². The number of hydrogen-bond acceptors (Lipinski definition) is 5. The zero-order chi connectivity index (χ0) is 14.2. The third-order valence-electron chi connectivity index (χ3n) is 2.37. The number of aromatic nitrogens is 5. The molecule has 1 aromatic carbocycles. The highest BCUT2D eigenvalue weighted by Crippen LogP contribution is 2.29. The lowest BCUT2D eigenvalue weighted by Gasteiger charge is -1.97. The van der Waals surface area contributed by atoms with Gasteiger partial charge in [-0.1, -0.05) is 18.2 Å². The highest BCUT2D eigenvalue weighted by Gasteiger charge is 2.38. The minimum Gasteiger partial charge on any atom is -0.411 e. The van der Waals surface area contributed by atoms with Crippen LogP contribution in [-0.4, -0.2) is 25.2 Å². The molecule has 0 radical (unpaired) electrons. The monoisotopic (exact) mass is 281 g/mol. The maximum absolute atomic E-state index is 12.3. The molecule has 0 saturated heterocycles. The van der Waals surface area contributed by atoms with E-state index in [1.54, 1.807) is 24.3 Å². The van der Waals surface area contributed by atoms with Crippen LogP contribution in [0.15, 0.2) is 40.9 Å². The molecular formula is C11H6F3N5O. The Balaban J connectivity index is 1.93. The molecule has 2 heterocycles. The number of benzene rings is 1. The maximum Gasteiger partial charge on any atom is 0.470 e. The van der Waals surface area contributed by atoms with Crippen LogP contribution < -0.4 is 0 Å². The standard InChI is InChI=1S/C11H6F3N5O/c12-11(13,14)10-17-16-9(20-10)8-6-15-19(18-8)7-4-2-1-3-5-7/h1-6H. The van der Waals surface area contributed by atoms with Gasteiger partial charge in [-0.3, -0.25) is 0 Å². The Morgan fingerprint density at radius 1 is 1.05 bits per heavy atom. The first-order valence-electron chi connectivity index (χ1n) is 5.43. The van der Waals surface area contributed by atoms with Crippen LogP contribution in [0, 0.1) is 0 Å². The summed E-state index contributed by atoms with van der Waals surface area (Å²) in [6.45, 7) is 0. The van der Waals surface area contributed by atoms with Crippen LogP contribution in [0.5, 0.6) is 0 Å². The molecule has 0 spiro atoms. The number of alkyl halides is 3. The van der Waals surface area contributed by atoms with Crippen molar-refractivity contribution >= 4 is 0 Å². The molecule has 0 unspecified atom stereocenters. The summed E-state index contributed by atoms with van der Waals surface area (Å²) in [7, 11) is 0. The fourth-order valence-electron chi connectivity index (χ4n) is 1.49. The van der Waals surface area contributed by atoms with Crippen molar-refractivity contribution in [2.45, 2.75) is 6.18 Å². The summed E-state index contributed by atoms with van der Waals surface area (Å²) in [5, 5.41) is 14.2. The van der Waals surface area contributed by atoms with Crippen LogP contribution in [0.3, 0.4) is 0 Å². The molecule has 0 amide bonds. The summed E-state index contributed by atoms with van der Waals surface area (Å²) in [6, 6.07) is 8.89.